The first-order valence-corrected chi connectivity index (χ1v) is 10.1. The molecule has 0 aromatic heterocycles. The van der Waals surface area contributed by atoms with E-state index in [4.69, 9.17) is 4.74 Å². The first-order valence-electron chi connectivity index (χ1n) is 10.1. The SMILES string of the molecule is C[C@]1(C2CC2)NC(=O)N(CC(=O)NCC2(c3ccccc3F)CCOCC2)C1=O. The average molecular weight is 403 g/mol. The van der Waals surface area contributed by atoms with E-state index in [1.54, 1.807) is 25.1 Å². The van der Waals surface area contributed by atoms with Gasteiger partial charge >= 0.3 is 6.03 Å². The first kappa shape index (κ1) is 19.8. The van der Waals surface area contributed by atoms with Gasteiger partial charge in [0.15, 0.2) is 0 Å². The van der Waals surface area contributed by atoms with E-state index in [1.165, 1.54) is 6.07 Å². The Morgan fingerprint density at radius 1 is 1.28 bits per heavy atom. The number of imide groups is 1. The van der Waals surface area contributed by atoms with Gasteiger partial charge in [0, 0.05) is 25.2 Å². The fraction of sp³-hybridized carbons (Fsp3) is 0.571. The molecule has 0 unspecified atom stereocenters. The quantitative estimate of drug-likeness (QED) is 0.708. The highest BCUT2D eigenvalue weighted by Gasteiger charge is 2.56. The zero-order chi connectivity index (χ0) is 20.6. The predicted octanol–water partition coefficient (Wildman–Crippen LogP) is 1.71. The number of carbonyl (C=O) groups is 3. The van der Waals surface area contributed by atoms with E-state index in [2.05, 4.69) is 10.6 Å². The summed E-state index contributed by atoms with van der Waals surface area (Å²) in [4.78, 5) is 38.5. The highest BCUT2D eigenvalue weighted by Crippen LogP contribution is 2.42. The van der Waals surface area contributed by atoms with E-state index >= 15 is 0 Å². The molecule has 29 heavy (non-hydrogen) atoms. The zero-order valence-electron chi connectivity index (χ0n) is 16.5. The fourth-order valence-corrected chi connectivity index (χ4v) is 4.46. The monoisotopic (exact) mass is 403 g/mol. The van der Waals surface area contributed by atoms with Gasteiger partial charge in [-0.2, -0.15) is 0 Å². The number of nitrogens with zero attached hydrogens (tertiary/aromatic N) is 1. The van der Waals surface area contributed by atoms with Crippen LogP contribution in [0.25, 0.3) is 0 Å². The van der Waals surface area contributed by atoms with Crippen molar-refractivity contribution in [3.05, 3.63) is 35.6 Å². The highest BCUT2D eigenvalue weighted by molar-refractivity contribution is 6.09. The molecule has 2 aliphatic heterocycles. The van der Waals surface area contributed by atoms with Crippen molar-refractivity contribution in [3.8, 4) is 0 Å². The van der Waals surface area contributed by atoms with Gasteiger partial charge in [-0.3, -0.25) is 14.5 Å². The summed E-state index contributed by atoms with van der Waals surface area (Å²) in [7, 11) is 0. The van der Waals surface area contributed by atoms with Crippen LogP contribution < -0.4 is 10.6 Å². The van der Waals surface area contributed by atoms with E-state index < -0.39 is 22.9 Å². The number of rotatable bonds is 6. The Morgan fingerprint density at radius 2 is 1.97 bits per heavy atom. The summed E-state index contributed by atoms with van der Waals surface area (Å²) < 4.78 is 19.9. The Bertz CT molecular complexity index is 835. The summed E-state index contributed by atoms with van der Waals surface area (Å²) in [6.45, 7) is 2.57. The van der Waals surface area contributed by atoms with Gasteiger partial charge in [-0.15, -0.1) is 0 Å². The molecular weight excluding hydrogens is 377 g/mol. The smallest absolute Gasteiger partial charge is 0.325 e. The second-order valence-electron chi connectivity index (χ2n) is 8.45. The molecule has 1 aromatic rings. The number of ether oxygens (including phenoxy) is 1. The van der Waals surface area contributed by atoms with Crippen molar-refractivity contribution >= 4 is 17.8 Å². The number of carbonyl (C=O) groups excluding carboxylic acids is 3. The van der Waals surface area contributed by atoms with Crippen molar-refractivity contribution < 1.29 is 23.5 Å². The van der Waals surface area contributed by atoms with E-state index in [-0.39, 0.29) is 30.7 Å². The van der Waals surface area contributed by atoms with Crippen LogP contribution in [0, 0.1) is 11.7 Å². The lowest BCUT2D eigenvalue weighted by molar-refractivity contribution is -0.135. The molecular formula is C21H26FN3O4. The van der Waals surface area contributed by atoms with Crippen LogP contribution in [-0.2, 0) is 19.7 Å². The molecule has 4 amide bonds. The van der Waals surface area contributed by atoms with E-state index in [0.29, 0.717) is 31.6 Å². The van der Waals surface area contributed by atoms with Crippen molar-refractivity contribution in [2.24, 2.45) is 5.92 Å². The van der Waals surface area contributed by atoms with Crippen LogP contribution in [0.3, 0.4) is 0 Å². The number of urea groups is 1. The maximum absolute atomic E-state index is 14.5. The molecule has 2 heterocycles. The predicted molar refractivity (Wildman–Crippen MR) is 103 cm³/mol. The maximum Gasteiger partial charge on any atom is 0.325 e. The minimum Gasteiger partial charge on any atom is -0.381 e. The van der Waals surface area contributed by atoms with Crippen molar-refractivity contribution in [1.29, 1.82) is 0 Å². The van der Waals surface area contributed by atoms with Gasteiger partial charge in [0.25, 0.3) is 5.91 Å². The van der Waals surface area contributed by atoms with Crippen LogP contribution in [0.5, 0.6) is 0 Å². The number of halogens is 1. The summed E-state index contributed by atoms with van der Waals surface area (Å²) >= 11 is 0. The number of hydrogen-bond acceptors (Lipinski definition) is 4. The molecule has 0 bridgehead atoms. The molecule has 2 N–H and O–H groups in total. The number of amides is 4. The number of hydrogen-bond donors (Lipinski definition) is 2. The van der Waals surface area contributed by atoms with E-state index in [1.807, 2.05) is 0 Å². The van der Waals surface area contributed by atoms with Crippen molar-refractivity contribution in [3.63, 3.8) is 0 Å². The molecule has 0 radical (unpaired) electrons. The Labute approximate surface area is 169 Å². The molecule has 1 saturated carbocycles. The number of benzene rings is 1. The van der Waals surface area contributed by atoms with E-state index in [0.717, 1.165) is 17.7 Å². The lowest BCUT2D eigenvalue weighted by Crippen LogP contribution is -2.49. The van der Waals surface area contributed by atoms with Crippen LogP contribution in [0.2, 0.25) is 0 Å². The van der Waals surface area contributed by atoms with Gasteiger partial charge in [0.05, 0.1) is 0 Å². The van der Waals surface area contributed by atoms with Gasteiger partial charge in [0.2, 0.25) is 5.91 Å². The summed E-state index contributed by atoms with van der Waals surface area (Å²) in [5.74, 6) is -0.956. The normalized spacial score (nSPS) is 26.3. The Hall–Kier alpha value is -2.48. The summed E-state index contributed by atoms with van der Waals surface area (Å²) in [5, 5.41) is 5.56. The molecule has 1 aromatic carbocycles. The Morgan fingerprint density at radius 3 is 2.62 bits per heavy atom. The van der Waals surface area contributed by atoms with Gasteiger partial charge in [-0.05, 0) is 50.2 Å². The molecule has 1 atom stereocenters. The van der Waals surface area contributed by atoms with Gasteiger partial charge in [-0.1, -0.05) is 18.2 Å². The minimum atomic E-state index is -0.910. The molecule has 8 heteroatoms. The molecule has 0 spiro atoms. The van der Waals surface area contributed by atoms with Crippen LogP contribution in [0.15, 0.2) is 24.3 Å². The summed E-state index contributed by atoms with van der Waals surface area (Å²) in [5.41, 5.74) is -0.925. The maximum atomic E-state index is 14.5. The lowest BCUT2D eigenvalue weighted by Gasteiger charge is -2.38. The third-order valence-corrected chi connectivity index (χ3v) is 6.52. The molecule has 1 aliphatic carbocycles. The Balaban J connectivity index is 1.43. The minimum absolute atomic E-state index is 0.138. The van der Waals surface area contributed by atoms with Crippen LogP contribution in [-0.4, -0.2) is 54.6 Å². The van der Waals surface area contributed by atoms with E-state index in [9.17, 15) is 18.8 Å². The molecule has 7 nitrogen and oxygen atoms in total. The fourth-order valence-electron chi connectivity index (χ4n) is 4.46. The van der Waals surface area contributed by atoms with Crippen LogP contribution >= 0.6 is 0 Å². The summed E-state index contributed by atoms with van der Waals surface area (Å²) in [6.07, 6.45) is 2.96. The molecule has 2 saturated heterocycles. The largest absolute Gasteiger partial charge is 0.381 e. The third-order valence-electron chi connectivity index (χ3n) is 6.52. The molecule has 3 fully saturated rings. The highest BCUT2D eigenvalue weighted by atomic mass is 19.1. The van der Waals surface area contributed by atoms with Crippen molar-refractivity contribution in [2.75, 3.05) is 26.3 Å². The average Bonchev–Trinajstić information content (AvgIpc) is 3.54. The van der Waals surface area contributed by atoms with Gasteiger partial charge in [0.1, 0.15) is 17.9 Å². The molecule has 3 aliphatic rings. The van der Waals surface area contributed by atoms with Gasteiger partial charge in [-0.25, -0.2) is 9.18 Å². The lowest BCUT2D eigenvalue weighted by atomic mass is 9.74. The van der Waals surface area contributed by atoms with Crippen LogP contribution in [0.4, 0.5) is 9.18 Å². The third kappa shape index (κ3) is 3.61. The van der Waals surface area contributed by atoms with Crippen molar-refractivity contribution in [1.82, 2.24) is 15.5 Å². The summed E-state index contributed by atoms with van der Waals surface area (Å²) in [6, 6.07) is 6.04. The van der Waals surface area contributed by atoms with Crippen molar-refractivity contribution in [2.45, 2.75) is 43.6 Å². The molecule has 4 rings (SSSR count). The van der Waals surface area contributed by atoms with Gasteiger partial charge < -0.3 is 15.4 Å². The first-order chi connectivity index (χ1) is 13.9. The number of nitrogens with one attached hydrogen (secondary N) is 2. The second-order valence-corrected chi connectivity index (χ2v) is 8.45. The standard InChI is InChI=1S/C21H26FN3O4/c1-20(14-6-7-14)18(27)25(19(28)24-20)12-17(26)23-13-21(8-10-29-11-9-21)15-4-2-3-5-16(15)22/h2-5,14H,6-13H2,1H3,(H,23,26)(H,24,28)/t20-/m1/s1. The second kappa shape index (κ2) is 7.40. The van der Waals surface area contributed by atoms with Crippen LogP contribution in [0.1, 0.15) is 38.2 Å². The topological polar surface area (TPSA) is 87.7 Å². The Kier molecular flexibility index (Phi) is 5.06. The molecule has 156 valence electrons. The zero-order valence-corrected chi connectivity index (χ0v) is 16.5.